The number of hydrogen-bond donors (Lipinski definition) is 2. The second-order valence-corrected chi connectivity index (χ2v) is 3.12. The van der Waals surface area contributed by atoms with Gasteiger partial charge in [-0.3, -0.25) is 4.79 Å². The number of pyridine rings is 1. The monoisotopic (exact) mass is 166 g/mol. The molecule has 0 atom stereocenters. The molecule has 0 radical (unpaired) electrons. The Morgan fingerprint density at radius 2 is 2.17 bits per heavy atom. The third kappa shape index (κ3) is 1.74. The molecule has 1 aromatic rings. The van der Waals surface area contributed by atoms with Crippen molar-refractivity contribution in [2.24, 2.45) is 5.73 Å². The van der Waals surface area contributed by atoms with Crippen LogP contribution in [-0.4, -0.2) is 4.98 Å². The van der Waals surface area contributed by atoms with Crippen LogP contribution in [0.15, 0.2) is 16.9 Å². The minimum Gasteiger partial charge on any atom is -0.326 e. The quantitative estimate of drug-likeness (QED) is 0.687. The Morgan fingerprint density at radius 3 is 2.67 bits per heavy atom. The predicted octanol–water partition coefficient (Wildman–Crippen LogP) is 0.957. The lowest BCUT2D eigenvalue weighted by molar-refractivity contribution is 0.789. The zero-order valence-electron chi connectivity index (χ0n) is 7.42. The molecule has 66 valence electrons. The summed E-state index contributed by atoms with van der Waals surface area (Å²) >= 11 is 0. The molecule has 0 saturated carbocycles. The molecule has 12 heavy (non-hydrogen) atoms. The van der Waals surface area contributed by atoms with E-state index in [1.807, 2.05) is 13.8 Å². The van der Waals surface area contributed by atoms with Gasteiger partial charge in [0.05, 0.1) is 0 Å². The molecule has 3 nitrogen and oxygen atoms in total. The summed E-state index contributed by atoms with van der Waals surface area (Å²) in [5.74, 6) is 0.317. The van der Waals surface area contributed by atoms with E-state index in [1.54, 1.807) is 6.07 Å². The van der Waals surface area contributed by atoms with Crippen molar-refractivity contribution in [2.75, 3.05) is 0 Å². The Balaban J connectivity index is 3.21. The first kappa shape index (κ1) is 9.00. The topological polar surface area (TPSA) is 58.9 Å². The first-order valence-electron chi connectivity index (χ1n) is 4.07. The van der Waals surface area contributed by atoms with Crippen molar-refractivity contribution in [3.63, 3.8) is 0 Å². The first-order chi connectivity index (χ1) is 5.65. The fourth-order valence-electron chi connectivity index (χ4n) is 1.21. The van der Waals surface area contributed by atoms with E-state index >= 15 is 0 Å². The summed E-state index contributed by atoms with van der Waals surface area (Å²) in [5.41, 5.74) is 7.42. The van der Waals surface area contributed by atoms with Gasteiger partial charge in [-0.25, -0.2) is 0 Å². The van der Waals surface area contributed by atoms with Crippen LogP contribution in [0, 0.1) is 0 Å². The number of aromatic amines is 1. The standard InChI is InChI=1S/C9H14N2O/c1-6(2)9-7(5-10)3-4-8(12)11-9/h3-4,6H,5,10H2,1-2H3,(H,11,12). The van der Waals surface area contributed by atoms with E-state index in [4.69, 9.17) is 5.73 Å². The first-order valence-corrected chi connectivity index (χ1v) is 4.07. The van der Waals surface area contributed by atoms with Crippen LogP contribution in [0.2, 0.25) is 0 Å². The van der Waals surface area contributed by atoms with Gasteiger partial charge in [-0.05, 0) is 11.5 Å². The van der Waals surface area contributed by atoms with E-state index < -0.39 is 0 Å². The molecule has 0 aliphatic rings. The molecule has 1 aromatic heterocycles. The maximum Gasteiger partial charge on any atom is 0.248 e. The lowest BCUT2D eigenvalue weighted by Gasteiger charge is -2.09. The number of nitrogens with one attached hydrogen (secondary N) is 1. The number of H-pyrrole nitrogens is 1. The molecule has 0 fully saturated rings. The molecular formula is C9H14N2O. The molecule has 3 heteroatoms. The number of aromatic nitrogens is 1. The van der Waals surface area contributed by atoms with Crippen LogP contribution in [0.3, 0.4) is 0 Å². The predicted molar refractivity (Wildman–Crippen MR) is 49.0 cm³/mol. The molecule has 1 rings (SSSR count). The fourth-order valence-corrected chi connectivity index (χ4v) is 1.21. The Kier molecular flexibility index (Phi) is 2.65. The van der Waals surface area contributed by atoms with Gasteiger partial charge in [0.1, 0.15) is 0 Å². The summed E-state index contributed by atoms with van der Waals surface area (Å²) in [5, 5.41) is 0. The summed E-state index contributed by atoms with van der Waals surface area (Å²) in [6.07, 6.45) is 0. The van der Waals surface area contributed by atoms with Gasteiger partial charge < -0.3 is 10.7 Å². The smallest absolute Gasteiger partial charge is 0.248 e. The highest BCUT2D eigenvalue weighted by atomic mass is 16.1. The van der Waals surface area contributed by atoms with Crippen LogP contribution >= 0.6 is 0 Å². The maximum absolute atomic E-state index is 11.0. The highest BCUT2D eigenvalue weighted by molar-refractivity contribution is 5.21. The van der Waals surface area contributed by atoms with Crippen molar-refractivity contribution in [3.05, 3.63) is 33.7 Å². The number of nitrogens with two attached hydrogens (primary N) is 1. The van der Waals surface area contributed by atoms with Crippen LogP contribution in [-0.2, 0) is 6.54 Å². The summed E-state index contributed by atoms with van der Waals surface area (Å²) in [7, 11) is 0. The third-order valence-corrected chi connectivity index (χ3v) is 1.84. The molecule has 0 amide bonds. The Labute approximate surface area is 71.6 Å². The Hall–Kier alpha value is -1.09. The summed E-state index contributed by atoms with van der Waals surface area (Å²) in [6, 6.07) is 3.29. The molecule has 0 saturated heterocycles. The Bertz CT molecular complexity index is 315. The molecule has 0 bridgehead atoms. The molecule has 3 N–H and O–H groups in total. The van der Waals surface area contributed by atoms with Crippen molar-refractivity contribution in [1.82, 2.24) is 4.98 Å². The van der Waals surface area contributed by atoms with E-state index in [2.05, 4.69) is 4.98 Å². The van der Waals surface area contributed by atoms with Crippen molar-refractivity contribution < 1.29 is 0 Å². The van der Waals surface area contributed by atoms with Crippen LogP contribution in [0.1, 0.15) is 31.0 Å². The van der Waals surface area contributed by atoms with Crippen LogP contribution in [0.5, 0.6) is 0 Å². The van der Waals surface area contributed by atoms with Gasteiger partial charge in [-0.1, -0.05) is 19.9 Å². The van der Waals surface area contributed by atoms with Gasteiger partial charge >= 0.3 is 0 Å². The highest BCUT2D eigenvalue weighted by Gasteiger charge is 2.05. The van der Waals surface area contributed by atoms with Crippen molar-refractivity contribution in [2.45, 2.75) is 26.3 Å². The van der Waals surface area contributed by atoms with E-state index in [-0.39, 0.29) is 5.56 Å². The lowest BCUT2D eigenvalue weighted by Crippen LogP contribution is -2.13. The summed E-state index contributed by atoms with van der Waals surface area (Å²) in [6.45, 7) is 4.54. The van der Waals surface area contributed by atoms with Crippen molar-refractivity contribution >= 4 is 0 Å². The zero-order valence-corrected chi connectivity index (χ0v) is 7.42. The van der Waals surface area contributed by atoms with Gasteiger partial charge in [0, 0.05) is 18.3 Å². The Morgan fingerprint density at radius 1 is 1.50 bits per heavy atom. The largest absolute Gasteiger partial charge is 0.326 e. The molecular weight excluding hydrogens is 152 g/mol. The normalized spacial score (nSPS) is 10.7. The van der Waals surface area contributed by atoms with Gasteiger partial charge in [0.15, 0.2) is 0 Å². The molecule has 1 heterocycles. The highest BCUT2D eigenvalue weighted by Crippen LogP contribution is 2.13. The fraction of sp³-hybridized carbons (Fsp3) is 0.444. The molecule has 0 aliphatic carbocycles. The molecule has 0 aliphatic heterocycles. The van der Waals surface area contributed by atoms with Gasteiger partial charge in [-0.2, -0.15) is 0 Å². The average Bonchev–Trinajstić information content (AvgIpc) is 2.04. The molecule has 0 aromatic carbocycles. The third-order valence-electron chi connectivity index (χ3n) is 1.84. The minimum absolute atomic E-state index is 0.0594. The van der Waals surface area contributed by atoms with E-state index in [9.17, 15) is 4.79 Å². The molecule has 0 unspecified atom stereocenters. The van der Waals surface area contributed by atoms with Gasteiger partial charge in [0.2, 0.25) is 5.56 Å². The maximum atomic E-state index is 11.0. The number of hydrogen-bond acceptors (Lipinski definition) is 2. The number of rotatable bonds is 2. The second-order valence-electron chi connectivity index (χ2n) is 3.12. The van der Waals surface area contributed by atoms with Crippen molar-refractivity contribution in [1.29, 1.82) is 0 Å². The van der Waals surface area contributed by atoms with Crippen LogP contribution in [0.25, 0.3) is 0 Å². The summed E-state index contributed by atoms with van der Waals surface area (Å²) < 4.78 is 0. The average molecular weight is 166 g/mol. The van der Waals surface area contributed by atoms with Gasteiger partial charge in [-0.15, -0.1) is 0 Å². The van der Waals surface area contributed by atoms with Gasteiger partial charge in [0.25, 0.3) is 0 Å². The van der Waals surface area contributed by atoms with E-state index in [0.717, 1.165) is 11.3 Å². The molecule has 0 spiro atoms. The van der Waals surface area contributed by atoms with Crippen LogP contribution in [0.4, 0.5) is 0 Å². The summed E-state index contributed by atoms with van der Waals surface area (Å²) in [4.78, 5) is 13.8. The second kappa shape index (κ2) is 3.54. The van der Waals surface area contributed by atoms with E-state index in [0.29, 0.717) is 12.5 Å². The van der Waals surface area contributed by atoms with Crippen LogP contribution < -0.4 is 11.3 Å². The zero-order chi connectivity index (χ0) is 9.14. The lowest BCUT2D eigenvalue weighted by atomic mass is 10.0. The minimum atomic E-state index is -0.0594. The van der Waals surface area contributed by atoms with Crippen molar-refractivity contribution in [3.8, 4) is 0 Å². The SMILES string of the molecule is CC(C)c1[nH]c(=O)ccc1CN. The van der Waals surface area contributed by atoms with E-state index in [1.165, 1.54) is 6.07 Å².